The van der Waals surface area contributed by atoms with Crippen molar-refractivity contribution < 1.29 is 0 Å². The summed E-state index contributed by atoms with van der Waals surface area (Å²) in [6, 6.07) is 50.0. The number of para-hydroxylation sites is 1. The zero-order valence-corrected chi connectivity index (χ0v) is 27.7. The third-order valence-electron chi connectivity index (χ3n) is 11.1. The van der Waals surface area contributed by atoms with E-state index < -0.39 is 0 Å². The van der Waals surface area contributed by atoms with Gasteiger partial charge < -0.3 is 9.47 Å². The number of aromatic nitrogens is 1. The maximum absolute atomic E-state index is 2.52. The molecule has 1 aromatic heterocycles. The predicted molar refractivity (Wildman–Crippen MR) is 200 cm³/mol. The minimum atomic E-state index is -0.0729. The number of nitrogens with zero attached hydrogens (tertiary/aromatic N) is 2. The highest BCUT2D eigenvalue weighted by atomic mass is 15.1. The fraction of sp³-hybridized carbons (Fsp3) is 0.244. The molecule has 0 N–H and O–H groups in total. The van der Waals surface area contributed by atoms with Gasteiger partial charge in [-0.05, 0) is 128 Å². The van der Waals surface area contributed by atoms with Crippen molar-refractivity contribution in [3.05, 3.63) is 139 Å². The normalized spacial score (nSPS) is 19.3. The Labute approximate surface area is 278 Å². The van der Waals surface area contributed by atoms with Crippen LogP contribution >= 0.6 is 0 Å². The number of benzene rings is 6. The van der Waals surface area contributed by atoms with Gasteiger partial charge in [-0.2, -0.15) is 0 Å². The molecule has 2 aliphatic rings. The summed E-state index contributed by atoms with van der Waals surface area (Å²) in [6.07, 6.45) is 5.64. The average Bonchev–Trinajstić information content (AvgIpc) is 3.82. The van der Waals surface area contributed by atoms with Crippen LogP contribution in [-0.4, -0.2) is 4.57 Å². The maximum Gasteiger partial charge on any atom is 0.0517 e. The Bertz CT molecular complexity index is 2250. The lowest BCUT2D eigenvalue weighted by atomic mass is 9.83. The number of fused-ring (bicyclic) bond motifs is 6. The van der Waals surface area contributed by atoms with Gasteiger partial charge in [0.1, 0.15) is 0 Å². The van der Waals surface area contributed by atoms with E-state index in [1.807, 2.05) is 0 Å². The van der Waals surface area contributed by atoms with Crippen molar-refractivity contribution in [2.24, 2.45) is 11.8 Å². The van der Waals surface area contributed by atoms with E-state index in [1.165, 1.54) is 92.0 Å². The molecule has 2 nitrogen and oxygen atoms in total. The van der Waals surface area contributed by atoms with E-state index in [1.54, 1.807) is 0 Å². The zero-order valence-electron chi connectivity index (χ0n) is 27.7. The summed E-state index contributed by atoms with van der Waals surface area (Å²) >= 11 is 0. The smallest absolute Gasteiger partial charge is 0.0517 e. The van der Waals surface area contributed by atoms with Crippen LogP contribution in [-0.2, 0) is 5.54 Å². The second-order valence-corrected chi connectivity index (χ2v) is 15.0. The Morgan fingerprint density at radius 2 is 1.28 bits per heavy atom. The molecule has 2 saturated carbocycles. The first kappa shape index (κ1) is 28.4. The van der Waals surface area contributed by atoms with Crippen LogP contribution in [0, 0.1) is 11.8 Å². The summed E-state index contributed by atoms with van der Waals surface area (Å²) in [4.78, 5) is 2.48. The van der Waals surface area contributed by atoms with E-state index in [2.05, 4.69) is 164 Å². The van der Waals surface area contributed by atoms with Crippen LogP contribution in [0.3, 0.4) is 0 Å². The van der Waals surface area contributed by atoms with E-state index in [0.717, 1.165) is 17.8 Å². The van der Waals surface area contributed by atoms with Gasteiger partial charge in [0.2, 0.25) is 0 Å². The van der Waals surface area contributed by atoms with E-state index >= 15 is 0 Å². The predicted octanol–water partition coefficient (Wildman–Crippen LogP) is 12.7. The van der Waals surface area contributed by atoms with Gasteiger partial charge in [-0.3, -0.25) is 0 Å². The summed E-state index contributed by atoms with van der Waals surface area (Å²) in [7, 11) is 0. The molecular formula is C45H42N2. The SMILES string of the molecule is CC(C)(C)n1c2ccccc2c2ccc(N(c3ccc(C4CC5CCC4C5)cc3)c3cc(-c4ccccc4)c4ccccc4c3)cc21. The molecule has 0 aliphatic heterocycles. The van der Waals surface area contributed by atoms with Crippen molar-refractivity contribution in [1.82, 2.24) is 4.57 Å². The topological polar surface area (TPSA) is 8.17 Å². The first-order chi connectivity index (χ1) is 22.9. The molecule has 6 aromatic carbocycles. The molecular weight excluding hydrogens is 569 g/mol. The van der Waals surface area contributed by atoms with Crippen LogP contribution in [0.5, 0.6) is 0 Å². The Hall–Kier alpha value is -4.82. The first-order valence-electron chi connectivity index (χ1n) is 17.4. The first-order valence-corrected chi connectivity index (χ1v) is 17.4. The molecule has 47 heavy (non-hydrogen) atoms. The fourth-order valence-corrected chi connectivity index (χ4v) is 9.07. The standard InChI is InChI=1S/C45H42N2/c1-45(2,3)47-43-16-10-9-15-39(43)40-24-23-36(29-44(40)47)46(35-21-19-32(20-22-35)41-26-30-17-18-34(41)25-30)37-27-33-13-7-8-14-38(33)42(28-37)31-11-5-4-6-12-31/h4-16,19-24,27-30,34,41H,17-18,25-26H2,1-3H3. The second-order valence-electron chi connectivity index (χ2n) is 15.0. The summed E-state index contributed by atoms with van der Waals surface area (Å²) < 4.78 is 2.52. The Balaban J connectivity index is 1.26. The molecule has 2 aliphatic carbocycles. The van der Waals surface area contributed by atoms with Gasteiger partial charge in [0.05, 0.1) is 5.52 Å². The van der Waals surface area contributed by atoms with Crippen molar-refractivity contribution in [2.75, 3.05) is 4.90 Å². The molecule has 1 heterocycles. The molecule has 232 valence electrons. The zero-order chi connectivity index (χ0) is 31.7. The molecule has 0 amide bonds. The third-order valence-corrected chi connectivity index (χ3v) is 11.1. The van der Waals surface area contributed by atoms with E-state index in [0.29, 0.717) is 0 Å². The van der Waals surface area contributed by atoms with Crippen molar-refractivity contribution in [2.45, 2.75) is 57.9 Å². The van der Waals surface area contributed by atoms with E-state index in [9.17, 15) is 0 Å². The summed E-state index contributed by atoms with van der Waals surface area (Å²) in [6.45, 7) is 6.94. The molecule has 2 fully saturated rings. The lowest BCUT2D eigenvalue weighted by Crippen LogP contribution is -2.21. The monoisotopic (exact) mass is 610 g/mol. The molecule has 9 rings (SSSR count). The van der Waals surface area contributed by atoms with Gasteiger partial charge in [0.25, 0.3) is 0 Å². The second kappa shape index (κ2) is 10.9. The largest absolute Gasteiger partial charge is 0.335 e. The van der Waals surface area contributed by atoms with Gasteiger partial charge in [0.15, 0.2) is 0 Å². The van der Waals surface area contributed by atoms with E-state index in [4.69, 9.17) is 0 Å². The van der Waals surface area contributed by atoms with Gasteiger partial charge in [-0.25, -0.2) is 0 Å². The highest BCUT2D eigenvalue weighted by Crippen LogP contribution is 2.53. The molecule has 7 aromatic rings. The number of rotatable bonds is 5. The summed E-state index contributed by atoms with van der Waals surface area (Å²) in [5.41, 5.74) is 10.0. The molecule has 0 radical (unpaired) electrons. The van der Waals surface area contributed by atoms with Crippen LogP contribution in [0.2, 0.25) is 0 Å². The molecule has 0 saturated heterocycles. The average molecular weight is 611 g/mol. The van der Waals surface area contributed by atoms with Crippen LogP contribution in [0.1, 0.15) is 57.9 Å². The summed E-state index contributed by atoms with van der Waals surface area (Å²) in [5, 5.41) is 5.13. The van der Waals surface area contributed by atoms with Gasteiger partial charge in [0, 0.05) is 38.9 Å². The van der Waals surface area contributed by atoms with Crippen molar-refractivity contribution in [3.63, 3.8) is 0 Å². The number of hydrogen-bond acceptors (Lipinski definition) is 1. The number of anilines is 3. The van der Waals surface area contributed by atoms with Gasteiger partial charge in [-0.15, -0.1) is 0 Å². The fourth-order valence-electron chi connectivity index (χ4n) is 9.07. The minimum Gasteiger partial charge on any atom is -0.335 e. The van der Waals surface area contributed by atoms with Crippen molar-refractivity contribution in [3.8, 4) is 11.1 Å². The van der Waals surface area contributed by atoms with Crippen LogP contribution in [0.25, 0.3) is 43.7 Å². The Morgan fingerprint density at radius 1 is 0.574 bits per heavy atom. The minimum absolute atomic E-state index is 0.0729. The lowest BCUT2D eigenvalue weighted by Gasteiger charge is -2.29. The highest BCUT2D eigenvalue weighted by Gasteiger charge is 2.40. The molecule has 2 heteroatoms. The maximum atomic E-state index is 2.52. The van der Waals surface area contributed by atoms with E-state index in [-0.39, 0.29) is 5.54 Å². The molecule has 3 atom stereocenters. The lowest BCUT2D eigenvalue weighted by molar-refractivity contribution is 0.420. The van der Waals surface area contributed by atoms with Gasteiger partial charge in [-0.1, -0.05) is 97.4 Å². The molecule has 0 spiro atoms. The Morgan fingerprint density at radius 3 is 2.02 bits per heavy atom. The third kappa shape index (κ3) is 4.76. The number of hydrogen-bond donors (Lipinski definition) is 0. The quantitative estimate of drug-likeness (QED) is 0.188. The molecule has 2 bridgehead atoms. The van der Waals surface area contributed by atoms with Crippen LogP contribution in [0.4, 0.5) is 17.1 Å². The van der Waals surface area contributed by atoms with Crippen LogP contribution < -0.4 is 4.90 Å². The van der Waals surface area contributed by atoms with Crippen molar-refractivity contribution >= 4 is 49.6 Å². The van der Waals surface area contributed by atoms with Gasteiger partial charge >= 0.3 is 0 Å². The highest BCUT2D eigenvalue weighted by molar-refractivity contribution is 6.10. The molecule has 3 unspecified atom stereocenters. The summed E-state index contributed by atoms with van der Waals surface area (Å²) in [5.74, 6) is 2.54. The van der Waals surface area contributed by atoms with Crippen molar-refractivity contribution in [1.29, 1.82) is 0 Å². The van der Waals surface area contributed by atoms with Crippen LogP contribution in [0.15, 0.2) is 133 Å². The Kier molecular flexibility index (Phi) is 6.57.